The molecule has 0 aliphatic carbocycles. The molecule has 62 valence electrons. The van der Waals surface area contributed by atoms with E-state index in [9.17, 15) is 4.39 Å². The highest BCUT2D eigenvalue weighted by atomic mass is 35.5. The quantitative estimate of drug-likeness (QED) is 0.603. The van der Waals surface area contributed by atoms with Crippen molar-refractivity contribution in [3.63, 3.8) is 0 Å². The summed E-state index contributed by atoms with van der Waals surface area (Å²) in [5.41, 5.74) is 1.10. The fourth-order valence-corrected chi connectivity index (χ4v) is 2.34. The Bertz CT molecular complexity index is 433. The Labute approximate surface area is 78.6 Å². The van der Waals surface area contributed by atoms with Gasteiger partial charge in [0.15, 0.2) is 0 Å². The number of aryl methyl sites for hydroxylation is 1. The molecule has 0 aliphatic heterocycles. The van der Waals surface area contributed by atoms with Gasteiger partial charge in [-0.2, -0.15) is 0 Å². The SMILES string of the molecule is Cc1csc2cc(Cl)c(F)cc12. The molecule has 2 rings (SSSR count). The van der Waals surface area contributed by atoms with E-state index in [1.807, 2.05) is 12.3 Å². The number of hydrogen-bond acceptors (Lipinski definition) is 1. The molecule has 0 bridgehead atoms. The predicted molar refractivity (Wildman–Crippen MR) is 51.5 cm³/mol. The topological polar surface area (TPSA) is 0 Å². The highest BCUT2D eigenvalue weighted by Gasteiger charge is 2.05. The zero-order valence-corrected chi connectivity index (χ0v) is 7.97. The minimum absolute atomic E-state index is 0.198. The van der Waals surface area contributed by atoms with Crippen LogP contribution in [0, 0.1) is 12.7 Å². The van der Waals surface area contributed by atoms with Crippen LogP contribution in [-0.4, -0.2) is 0 Å². The van der Waals surface area contributed by atoms with Crippen LogP contribution in [0.15, 0.2) is 17.5 Å². The fourth-order valence-electron chi connectivity index (χ4n) is 1.15. The van der Waals surface area contributed by atoms with Crippen LogP contribution in [0.4, 0.5) is 4.39 Å². The molecule has 0 unspecified atom stereocenters. The Morgan fingerprint density at radius 2 is 2.17 bits per heavy atom. The van der Waals surface area contributed by atoms with E-state index in [0.29, 0.717) is 0 Å². The summed E-state index contributed by atoms with van der Waals surface area (Å²) in [6.45, 7) is 1.96. The lowest BCUT2D eigenvalue weighted by atomic mass is 10.2. The third kappa shape index (κ3) is 1.11. The summed E-state index contributed by atoms with van der Waals surface area (Å²) in [5, 5.41) is 3.16. The van der Waals surface area contributed by atoms with Gasteiger partial charge in [-0.1, -0.05) is 11.6 Å². The first-order valence-electron chi connectivity index (χ1n) is 3.51. The minimum Gasteiger partial charge on any atom is -0.205 e. The van der Waals surface area contributed by atoms with Crippen LogP contribution in [0.1, 0.15) is 5.56 Å². The van der Waals surface area contributed by atoms with E-state index >= 15 is 0 Å². The van der Waals surface area contributed by atoms with E-state index in [1.165, 1.54) is 6.07 Å². The molecule has 0 nitrogen and oxygen atoms in total. The molecule has 0 saturated carbocycles. The highest BCUT2D eigenvalue weighted by Crippen LogP contribution is 2.29. The first-order valence-corrected chi connectivity index (χ1v) is 4.77. The molecule has 0 N–H and O–H groups in total. The second-order valence-corrected chi connectivity index (χ2v) is 4.00. The Morgan fingerprint density at radius 3 is 2.92 bits per heavy atom. The standard InChI is InChI=1S/C9H6ClFS/c1-5-4-12-9-3-7(10)8(11)2-6(5)9/h2-4H,1H3. The van der Waals surface area contributed by atoms with Gasteiger partial charge in [0, 0.05) is 4.70 Å². The Hall–Kier alpha value is -0.600. The summed E-state index contributed by atoms with van der Waals surface area (Å²) < 4.78 is 14.0. The second-order valence-electron chi connectivity index (χ2n) is 2.68. The van der Waals surface area contributed by atoms with Crippen LogP contribution in [-0.2, 0) is 0 Å². The molecule has 2 aromatic rings. The molecule has 0 atom stereocenters. The van der Waals surface area contributed by atoms with E-state index in [2.05, 4.69) is 0 Å². The van der Waals surface area contributed by atoms with Gasteiger partial charge in [0.2, 0.25) is 0 Å². The van der Waals surface area contributed by atoms with Crippen molar-refractivity contribution < 1.29 is 4.39 Å². The predicted octanol–water partition coefficient (Wildman–Crippen LogP) is 4.00. The van der Waals surface area contributed by atoms with E-state index in [0.717, 1.165) is 15.6 Å². The summed E-state index contributed by atoms with van der Waals surface area (Å²) in [4.78, 5) is 0. The van der Waals surface area contributed by atoms with E-state index in [1.54, 1.807) is 17.4 Å². The van der Waals surface area contributed by atoms with Gasteiger partial charge < -0.3 is 0 Å². The van der Waals surface area contributed by atoms with Gasteiger partial charge in [0.05, 0.1) is 5.02 Å². The van der Waals surface area contributed by atoms with Gasteiger partial charge in [0.1, 0.15) is 5.82 Å². The number of halogens is 2. The molecule has 0 fully saturated rings. The lowest BCUT2D eigenvalue weighted by molar-refractivity contribution is 0.630. The average molecular weight is 201 g/mol. The van der Waals surface area contributed by atoms with Crippen LogP contribution in [0.2, 0.25) is 5.02 Å². The smallest absolute Gasteiger partial charge is 0.142 e. The van der Waals surface area contributed by atoms with Crippen molar-refractivity contribution in [2.45, 2.75) is 6.92 Å². The van der Waals surface area contributed by atoms with E-state index < -0.39 is 0 Å². The average Bonchev–Trinajstić information content (AvgIpc) is 2.35. The monoisotopic (exact) mass is 200 g/mol. The summed E-state index contributed by atoms with van der Waals surface area (Å²) in [6.07, 6.45) is 0. The molecule has 0 radical (unpaired) electrons. The van der Waals surface area contributed by atoms with Crippen LogP contribution >= 0.6 is 22.9 Å². The molecular formula is C9H6ClFS. The zero-order chi connectivity index (χ0) is 8.72. The third-order valence-corrected chi connectivity index (χ3v) is 3.16. The summed E-state index contributed by atoms with van der Waals surface area (Å²) in [6, 6.07) is 3.16. The van der Waals surface area contributed by atoms with Crippen LogP contribution in [0.3, 0.4) is 0 Å². The van der Waals surface area contributed by atoms with E-state index in [-0.39, 0.29) is 10.8 Å². The second kappa shape index (κ2) is 2.71. The number of benzene rings is 1. The summed E-state index contributed by atoms with van der Waals surface area (Å²) >= 11 is 7.21. The number of thiophene rings is 1. The molecule has 1 aromatic carbocycles. The lowest BCUT2D eigenvalue weighted by Gasteiger charge is -1.94. The van der Waals surface area contributed by atoms with Crippen molar-refractivity contribution in [2.75, 3.05) is 0 Å². The fraction of sp³-hybridized carbons (Fsp3) is 0.111. The highest BCUT2D eigenvalue weighted by molar-refractivity contribution is 7.17. The molecule has 0 saturated heterocycles. The first-order chi connectivity index (χ1) is 5.68. The van der Waals surface area contributed by atoms with Crippen molar-refractivity contribution in [1.29, 1.82) is 0 Å². The summed E-state index contributed by atoms with van der Waals surface area (Å²) in [7, 11) is 0. The lowest BCUT2D eigenvalue weighted by Crippen LogP contribution is -1.75. The van der Waals surface area contributed by atoms with Crippen LogP contribution in [0.25, 0.3) is 10.1 Å². The summed E-state index contributed by atoms with van der Waals surface area (Å²) in [5.74, 6) is -0.342. The van der Waals surface area contributed by atoms with Crippen LogP contribution < -0.4 is 0 Å². The number of fused-ring (bicyclic) bond motifs is 1. The maximum atomic E-state index is 13.0. The molecule has 3 heteroatoms. The van der Waals surface area contributed by atoms with Crippen molar-refractivity contribution in [1.82, 2.24) is 0 Å². The Balaban J connectivity index is 2.87. The van der Waals surface area contributed by atoms with Crippen molar-refractivity contribution >= 4 is 33.0 Å². The largest absolute Gasteiger partial charge is 0.205 e. The molecular weight excluding hydrogens is 195 g/mol. The van der Waals surface area contributed by atoms with Gasteiger partial charge in [-0.15, -0.1) is 11.3 Å². The molecule has 0 spiro atoms. The minimum atomic E-state index is -0.342. The Morgan fingerprint density at radius 1 is 1.42 bits per heavy atom. The van der Waals surface area contributed by atoms with Gasteiger partial charge in [0.25, 0.3) is 0 Å². The normalized spacial score (nSPS) is 10.9. The Kier molecular flexibility index (Phi) is 1.81. The number of hydrogen-bond donors (Lipinski definition) is 0. The van der Waals surface area contributed by atoms with Gasteiger partial charge in [-0.3, -0.25) is 0 Å². The molecule has 12 heavy (non-hydrogen) atoms. The first kappa shape index (κ1) is 8.02. The molecule has 1 heterocycles. The van der Waals surface area contributed by atoms with Gasteiger partial charge in [-0.25, -0.2) is 4.39 Å². The van der Waals surface area contributed by atoms with E-state index in [4.69, 9.17) is 11.6 Å². The maximum Gasteiger partial charge on any atom is 0.142 e. The molecule has 1 aromatic heterocycles. The zero-order valence-electron chi connectivity index (χ0n) is 6.40. The van der Waals surface area contributed by atoms with Crippen molar-refractivity contribution in [3.8, 4) is 0 Å². The van der Waals surface area contributed by atoms with Crippen molar-refractivity contribution in [2.24, 2.45) is 0 Å². The van der Waals surface area contributed by atoms with Crippen molar-refractivity contribution in [3.05, 3.63) is 33.9 Å². The van der Waals surface area contributed by atoms with Gasteiger partial charge >= 0.3 is 0 Å². The third-order valence-electron chi connectivity index (χ3n) is 1.81. The van der Waals surface area contributed by atoms with Crippen LogP contribution in [0.5, 0.6) is 0 Å². The van der Waals surface area contributed by atoms with Gasteiger partial charge in [-0.05, 0) is 35.4 Å². The molecule has 0 aliphatic rings. The molecule has 0 amide bonds. The maximum absolute atomic E-state index is 13.0. The number of rotatable bonds is 0.